The van der Waals surface area contributed by atoms with Crippen molar-refractivity contribution in [3.05, 3.63) is 18.6 Å². The van der Waals surface area contributed by atoms with Gasteiger partial charge in [0.1, 0.15) is 6.10 Å². The van der Waals surface area contributed by atoms with Crippen molar-refractivity contribution in [2.45, 2.75) is 18.9 Å². The molecule has 1 aromatic rings. The maximum atomic E-state index is 10.7. The fourth-order valence-corrected chi connectivity index (χ4v) is 1.68. The molecular formula is C10H13N3O3. The third-order valence-corrected chi connectivity index (χ3v) is 2.54. The van der Waals surface area contributed by atoms with Crippen molar-refractivity contribution in [3.8, 4) is 5.88 Å². The molecule has 0 radical (unpaired) electrons. The van der Waals surface area contributed by atoms with E-state index in [0.717, 1.165) is 0 Å². The summed E-state index contributed by atoms with van der Waals surface area (Å²) in [6.07, 6.45) is 5.28. The lowest BCUT2D eigenvalue weighted by Gasteiger charge is -2.29. The van der Waals surface area contributed by atoms with Crippen LogP contribution in [-0.4, -0.2) is 45.3 Å². The number of hydrogen-bond donors (Lipinski definition) is 1. The molecule has 86 valence electrons. The Morgan fingerprint density at radius 3 is 2.75 bits per heavy atom. The van der Waals surface area contributed by atoms with Crippen molar-refractivity contribution >= 4 is 6.09 Å². The number of carboxylic acid groups (broad SMARTS) is 1. The summed E-state index contributed by atoms with van der Waals surface area (Å²) in [6, 6.07) is 0. The van der Waals surface area contributed by atoms with E-state index < -0.39 is 6.09 Å². The van der Waals surface area contributed by atoms with E-state index in [0.29, 0.717) is 31.8 Å². The van der Waals surface area contributed by atoms with Crippen LogP contribution in [0.5, 0.6) is 5.88 Å². The van der Waals surface area contributed by atoms with Gasteiger partial charge in [-0.05, 0) is 0 Å². The first-order valence-corrected chi connectivity index (χ1v) is 5.16. The van der Waals surface area contributed by atoms with Gasteiger partial charge in [-0.2, -0.15) is 0 Å². The molecule has 1 amide bonds. The molecule has 2 heterocycles. The second-order valence-corrected chi connectivity index (χ2v) is 3.63. The Bertz CT molecular complexity index is 350. The predicted octanol–water partition coefficient (Wildman–Crippen LogP) is 0.998. The summed E-state index contributed by atoms with van der Waals surface area (Å²) in [5.41, 5.74) is 0. The summed E-state index contributed by atoms with van der Waals surface area (Å²) >= 11 is 0. The SMILES string of the molecule is O=C(O)N1CCC(Oc2cnccn2)CC1. The van der Waals surface area contributed by atoms with E-state index in [1.54, 1.807) is 18.6 Å². The number of amides is 1. The average Bonchev–Trinajstić information content (AvgIpc) is 2.31. The van der Waals surface area contributed by atoms with Gasteiger partial charge in [-0.3, -0.25) is 4.98 Å². The molecule has 0 unspecified atom stereocenters. The Labute approximate surface area is 92.9 Å². The summed E-state index contributed by atoms with van der Waals surface area (Å²) in [5, 5.41) is 8.78. The second-order valence-electron chi connectivity index (χ2n) is 3.63. The van der Waals surface area contributed by atoms with Crippen LogP contribution in [0.4, 0.5) is 4.79 Å². The van der Waals surface area contributed by atoms with Crippen LogP contribution in [0.3, 0.4) is 0 Å². The van der Waals surface area contributed by atoms with Crippen LogP contribution >= 0.6 is 0 Å². The van der Waals surface area contributed by atoms with E-state index in [4.69, 9.17) is 9.84 Å². The molecule has 1 aromatic heterocycles. The zero-order valence-electron chi connectivity index (χ0n) is 8.74. The second kappa shape index (κ2) is 4.78. The molecule has 1 N–H and O–H groups in total. The molecule has 1 saturated heterocycles. The predicted molar refractivity (Wildman–Crippen MR) is 55.3 cm³/mol. The zero-order chi connectivity index (χ0) is 11.4. The third kappa shape index (κ3) is 2.59. The minimum absolute atomic E-state index is 0.0345. The van der Waals surface area contributed by atoms with Crippen molar-refractivity contribution in [2.24, 2.45) is 0 Å². The normalized spacial score (nSPS) is 17.1. The monoisotopic (exact) mass is 223 g/mol. The van der Waals surface area contributed by atoms with E-state index in [1.165, 1.54) is 4.90 Å². The van der Waals surface area contributed by atoms with E-state index in [-0.39, 0.29) is 6.10 Å². The lowest BCUT2D eigenvalue weighted by Crippen LogP contribution is -2.41. The maximum absolute atomic E-state index is 10.7. The number of piperidine rings is 1. The van der Waals surface area contributed by atoms with Gasteiger partial charge < -0.3 is 14.7 Å². The highest BCUT2D eigenvalue weighted by Crippen LogP contribution is 2.16. The van der Waals surface area contributed by atoms with E-state index in [9.17, 15) is 4.79 Å². The van der Waals surface area contributed by atoms with Gasteiger partial charge in [0.25, 0.3) is 0 Å². The Morgan fingerprint density at radius 1 is 1.44 bits per heavy atom. The van der Waals surface area contributed by atoms with Gasteiger partial charge in [-0.25, -0.2) is 9.78 Å². The fraction of sp³-hybridized carbons (Fsp3) is 0.500. The lowest BCUT2D eigenvalue weighted by molar-refractivity contribution is 0.0868. The average molecular weight is 223 g/mol. The number of hydrogen-bond acceptors (Lipinski definition) is 4. The highest BCUT2D eigenvalue weighted by molar-refractivity contribution is 5.65. The van der Waals surface area contributed by atoms with Gasteiger partial charge in [0.2, 0.25) is 5.88 Å². The van der Waals surface area contributed by atoms with Crippen LogP contribution < -0.4 is 4.74 Å². The standard InChI is InChI=1S/C10H13N3O3/c14-10(15)13-5-1-8(2-6-13)16-9-7-11-3-4-12-9/h3-4,7-8H,1-2,5-6H2,(H,14,15). The van der Waals surface area contributed by atoms with Crippen molar-refractivity contribution in [1.82, 2.24) is 14.9 Å². The Morgan fingerprint density at radius 2 is 2.19 bits per heavy atom. The quantitative estimate of drug-likeness (QED) is 0.809. The zero-order valence-corrected chi connectivity index (χ0v) is 8.74. The fourth-order valence-electron chi connectivity index (χ4n) is 1.68. The van der Waals surface area contributed by atoms with E-state index in [1.807, 2.05) is 0 Å². The summed E-state index contributed by atoms with van der Waals surface area (Å²) in [4.78, 5) is 20.0. The summed E-state index contributed by atoms with van der Waals surface area (Å²) in [7, 11) is 0. The number of likely N-dealkylation sites (tertiary alicyclic amines) is 1. The van der Waals surface area contributed by atoms with Crippen LogP contribution in [0.2, 0.25) is 0 Å². The van der Waals surface area contributed by atoms with Gasteiger partial charge in [0.15, 0.2) is 0 Å². The van der Waals surface area contributed by atoms with Gasteiger partial charge in [0.05, 0.1) is 6.20 Å². The first-order valence-electron chi connectivity index (χ1n) is 5.16. The molecule has 2 rings (SSSR count). The Balaban J connectivity index is 1.84. The molecule has 6 heteroatoms. The molecule has 6 nitrogen and oxygen atoms in total. The van der Waals surface area contributed by atoms with E-state index >= 15 is 0 Å². The topological polar surface area (TPSA) is 75.5 Å². The van der Waals surface area contributed by atoms with Crippen LogP contribution in [0, 0.1) is 0 Å². The van der Waals surface area contributed by atoms with E-state index in [2.05, 4.69) is 9.97 Å². The van der Waals surface area contributed by atoms with Crippen LogP contribution in [0.15, 0.2) is 18.6 Å². The van der Waals surface area contributed by atoms with Crippen LogP contribution in [-0.2, 0) is 0 Å². The highest BCUT2D eigenvalue weighted by atomic mass is 16.5. The molecular weight excluding hydrogens is 210 g/mol. The number of nitrogens with zero attached hydrogens (tertiary/aromatic N) is 3. The van der Waals surface area contributed by atoms with Gasteiger partial charge >= 0.3 is 6.09 Å². The van der Waals surface area contributed by atoms with Crippen LogP contribution in [0.25, 0.3) is 0 Å². The third-order valence-electron chi connectivity index (χ3n) is 2.54. The molecule has 1 aliphatic rings. The molecule has 1 fully saturated rings. The molecule has 0 spiro atoms. The Hall–Kier alpha value is -1.85. The van der Waals surface area contributed by atoms with Gasteiger partial charge in [-0.15, -0.1) is 0 Å². The van der Waals surface area contributed by atoms with Crippen LogP contribution in [0.1, 0.15) is 12.8 Å². The first kappa shape index (κ1) is 10.7. The number of aromatic nitrogens is 2. The molecule has 16 heavy (non-hydrogen) atoms. The maximum Gasteiger partial charge on any atom is 0.407 e. The van der Waals surface area contributed by atoms with Gasteiger partial charge in [0, 0.05) is 38.3 Å². The summed E-state index contributed by atoms with van der Waals surface area (Å²) in [5.74, 6) is 0.497. The summed E-state index contributed by atoms with van der Waals surface area (Å²) < 4.78 is 5.59. The minimum atomic E-state index is -0.863. The largest absolute Gasteiger partial charge is 0.473 e. The van der Waals surface area contributed by atoms with Crippen molar-refractivity contribution in [1.29, 1.82) is 0 Å². The number of ether oxygens (including phenoxy) is 1. The van der Waals surface area contributed by atoms with Gasteiger partial charge in [-0.1, -0.05) is 0 Å². The molecule has 0 aromatic carbocycles. The number of carbonyl (C=O) groups is 1. The van der Waals surface area contributed by atoms with Crippen molar-refractivity contribution < 1.29 is 14.6 Å². The molecule has 1 aliphatic heterocycles. The Kier molecular flexibility index (Phi) is 3.19. The van der Waals surface area contributed by atoms with Crippen molar-refractivity contribution in [3.63, 3.8) is 0 Å². The highest BCUT2D eigenvalue weighted by Gasteiger charge is 2.23. The lowest BCUT2D eigenvalue weighted by atomic mass is 10.1. The van der Waals surface area contributed by atoms with Crippen molar-refractivity contribution in [2.75, 3.05) is 13.1 Å². The number of rotatable bonds is 2. The smallest absolute Gasteiger partial charge is 0.407 e. The molecule has 0 atom stereocenters. The molecule has 0 saturated carbocycles. The minimum Gasteiger partial charge on any atom is -0.473 e. The summed E-state index contributed by atoms with van der Waals surface area (Å²) in [6.45, 7) is 1.03. The molecule has 0 bridgehead atoms. The molecule has 0 aliphatic carbocycles. The first-order chi connectivity index (χ1) is 7.75.